The Bertz CT molecular complexity index is 1100. The van der Waals surface area contributed by atoms with Crippen molar-refractivity contribution in [2.45, 2.75) is 23.5 Å². The van der Waals surface area contributed by atoms with Crippen molar-refractivity contribution in [1.82, 2.24) is 29.7 Å². The first-order chi connectivity index (χ1) is 13.7. The molecule has 0 aliphatic carbocycles. The molecule has 6 nitrogen and oxygen atoms in total. The average Bonchev–Trinajstić information content (AvgIpc) is 3.14. The zero-order valence-corrected chi connectivity index (χ0v) is 16.3. The Kier molecular flexibility index (Phi) is 5.31. The predicted octanol–water partition coefficient (Wildman–Crippen LogP) is 4.63. The molecule has 140 valence electrons. The lowest BCUT2D eigenvalue weighted by atomic mass is 10.2. The number of benzene rings is 1. The maximum atomic E-state index is 14.6. The molecule has 0 atom stereocenters. The second-order valence-electron chi connectivity index (χ2n) is 5.75. The summed E-state index contributed by atoms with van der Waals surface area (Å²) in [5.74, 6) is 0.170. The summed E-state index contributed by atoms with van der Waals surface area (Å²) >= 11 is 7.13. The molecule has 0 fully saturated rings. The third-order valence-electron chi connectivity index (χ3n) is 4.01. The smallest absolute Gasteiger partial charge is 0.202 e. The molecule has 0 radical (unpaired) electrons. The van der Waals surface area contributed by atoms with Gasteiger partial charge >= 0.3 is 0 Å². The highest BCUT2D eigenvalue weighted by atomic mass is 35.5. The molecule has 0 saturated heterocycles. The molecular formula is C19H14ClFN6S. The number of halogens is 2. The molecule has 4 rings (SSSR count). The number of hydrogen-bond donors (Lipinski definition) is 0. The van der Waals surface area contributed by atoms with Crippen LogP contribution in [0.3, 0.4) is 0 Å². The maximum Gasteiger partial charge on any atom is 0.202 e. The molecule has 1 aromatic carbocycles. The van der Waals surface area contributed by atoms with Crippen LogP contribution in [-0.2, 0) is 6.42 Å². The van der Waals surface area contributed by atoms with E-state index >= 15 is 0 Å². The fourth-order valence-corrected chi connectivity index (χ4v) is 3.61. The minimum Gasteiger partial charge on any atom is -0.270 e. The molecule has 0 N–H and O–H groups in total. The van der Waals surface area contributed by atoms with Crippen LogP contribution >= 0.6 is 23.4 Å². The molecule has 0 aliphatic heterocycles. The zero-order chi connectivity index (χ0) is 19.5. The predicted molar refractivity (Wildman–Crippen MR) is 105 cm³/mol. The Labute approximate surface area is 169 Å². The van der Waals surface area contributed by atoms with Crippen LogP contribution in [-0.4, -0.2) is 29.7 Å². The van der Waals surface area contributed by atoms with Gasteiger partial charge in [0.05, 0.1) is 5.69 Å². The van der Waals surface area contributed by atoms with Crippen LogP contribution in [0.1, 0.15) is 12.6 Å². The van der Waals surface area contributed by atoms with E-state index in [2.05, 4.69) is 25.1 Å². The summed E-state index contributed by atoms with van der Waals surface area (Å²) in [7, 11) is 0. The molecule has 0 bridgehead atoms. The van der Waals surface area contributed by atoms with Gasteiger partial charge in [-0.2, -0.15) is 0 Å². The van der Waals surface area contributed by atoms with Gasteiger partial charge in [0.2, 0.25) is 5.16 Å². The van der Waals surface area contributed by atoms with Crippen molar-refractivity contribution < 1.29 is 4.39 Å². The van der Waals surface area contributed by atoms with Crippen LogP contribution in [0.5, 0.6) is 0 Å². The molecular weight excluding hydrogens is 399 g/mol. The van der Waals surface area contributed by atoms with E-state index in [1.165, 1.54) is 6.33 Å². The highest BCUT2D eigenvalue weighted by Crippen LogP contribution is 2.33. The summed E-state index contributed by atoms with van der Waals surface area (Å²) in [6, 6.07) is 10.9. The van der Waals surface area contributed by atoms with Crippen molar-refractivity contribution in [1.29, 1.82) is 0 Å². The van der Waals surface area contributed by atoms with Gasteiger partial charge in [0, 0.05) is 28.7 Å². The Morgan fingerprint density at radius 2 is 1.79 bits per heavy atom. The summed E-state index contributed by atoms with van der Waals surface area (Å²) < 4.78 is 16.5. The Balaban J connectivity index is 1.84. The second kappa shape index (κ2) is 8.04. The normalized spacial score (nSPS) is 11.0. The van der Waals surface area contributed by atoms with Crippen LogP contribution in [0.4, 0.5) is 4.39 Å². The van der Waals surface area contributed by atoms with Crippen LogP contribution in [0.25, 0.3) is 17.1 Å². The first kappa shape index (κ1) is 18.5. The molecule has 3 heterocycles. The molecule has 0 unspecified atom stereocenters. The lowest BCUT2D eigenvalue weighted by molar-refractivity contribution is 0.559. The maximum absolute atomic E-state index is 14.6. The number of aryl methyl sites for hydroxylation is 1. The van der Waals surface area contributed by atoms with Crippen LogP contribution in [0, 0.1) is 5.82 Å². The van der Waals surface area contributed by atoms with E-state index in [4.69, 9.17) is 11.6 Å². The fraction of sp³-hybridized carbons (Fsp3) is 0.105. The Morgan fingerprint density at radius 3 is 2.50 bits per heavy atom. The van der Waals surface area contributed by atoms with Crippen LogP contribution in [0.15, 0.2) is 65.3 Å². The van der Waals surface area contributed by atoms with E-state index < -0.39 is 5.82 Å². The Hall–Kier alpha value is -2.84. The SMILES string of the molecule is CCc1ncnc(Sc2nnc(-c3ccncc3)n2-c2ccc(Cl)cc2)c1F. The minimum absolute atomic E-state index is 0.204. The molecule has 9 heteroatoms. The molecule has 4 aromatic rings. The van der Waals surface area contributed by atoms with Crippen molar-refractivity contribution in [3.8, 4) is 17.1 Å². The van der Waals surface area contributed by atoms with Crippen molar-refractivity contribution in [3.05, 3.63) is 71.7 Å². The quantitative estimate of drug-likeness (QED) is 0.445. The second-order valence-corrected chi connectivity index (χ2v) is 7.14. The van der Waals surface area contributed by atoms with Gasteiger partial charge in [-0.3, -0.25) is 9.55 Å². The number of aromatic nitrogens is 6. The summed E-state index contributed by atoms with van der Waals surface area (Å²) in [6.45, 7) is 1.84. The number of nitrogens with zero attached hydrogens (tertiary/aromatic N) is 6. The van der Waals surface area contributed by atoms with Crippen molar-refractivity contribution >= 4 is 23.4 Å². The number of pyridine rings is 1. The monoisotopic (exact) mass is 412 g/mol. The summed E-state index contributed by atoms with van der Waals surface area (Å²) in [4.78, 5) is 12.1. The molecule has 0 spiro atoms. The first-order valence-corrected chi connectivity index (χ1v) is 9.65. The van der Waals surface area contributed by atoms with Gasteiger partial charge in [0.15, 0.2) is 11.6 Å². The molecule has 0 saturated carbocycles. The highest BCUT2D eigenvalue weighted by molar-refractivity contribution is 7.99. The van der Waals surface area contributed by atoms with Gasteiger partial charge in [-0.1, -0.05) is 18.5 Å². The van der Waals surface area contributed by atoms with Gasteiger partial charge in [-0.15, -0.1) is 10.2 Å². The lowest BCUT2D eigenvalue weighted by Crippen LogP contribution is -2.02. The van der Waals surface area contributed by atoms with E-state index in [9.17, 15) is 4.39 Å². The topological polar surface area (TPSA) is 69.4 Å². The first-order valence-electron chi connectivity index (χ1n) is 8.46. The average molecular weight is 413 g/mol. The van der Waals surface area contributed by atoms with E-state index in [1.807, 2.05) is 35.8 Å². The van der Waals surface area contributed by atoms with Gasteiger partial charge < -0.3 is 0 Å². The molecule has 28 heavy (non-hydrogen) atoms. The van der Waals surface area contributed by atoms with Crippen LogP contribution < -0.4 is 0 Å². The van der Waals surface area contributed by atoms with E-state index in [0.717, 1.165) is 23.0 Å². The van der Waals surface area contributed by atoms with Crippen LogP contribution in [0.2, 0.25) is 5.02 Å². The number of rotatable bonds is 5. The van der Waals surface area contributed by atoms with Gasteiger partial charge in [-0.05, 0) is 54.6 Å². The zero-order valence-electron chi connectivity index (χ0n) is 14.8. The van der Waals surface area contributed by atoms with Gasteiger partial charge in [-0.25, -0.2) is 14.4 Å². The molecule has 0 amide bonds. The fourth-order valence-electron chi connectivity index (χ4n) is 2.64. The molecule has 3 aromatic heterocycles. The van der Waals surface area contributed by atoms with Gasteiger partial charge in [0.1, 0.15) is 11.4 Å². The van der Waals surface area contributed by atoms with Crippen molar-refractivity contribution in [2.75, 3.05) is 0 Å². The largest absolute Gasteiger partial charge is 0.270 e. The van der Waals surface area contributed by atoms with E-state index in [1.54, 1.807) is 24.5 Å². The van der Waals surface area contributed by atoms with E-state index in [-0.39, 0.29) is 5.03 Å². The minimum atomic E-state index is -0.439. The number of hydrogen-bond acceptors (Lipinski definition) is 6. The Morgan fingerprint density at radius 1 is 1.04 bits per heavy atom. The highest BCUT2D eigenvalue weighted by Gasteiger charge is 2.20. The lowest BCUT2D eigenvalue weighted by Gasteiger charge is -2.11. The molecule has 0 aliphatic rings. The van der Waals surface area contributed by atoms with Crippen molar-refractivity contribution in [3.63, 3.8) is 0 Å². The van der Waals surface area contributed by atoms with E-state index in [0.29, 0.717) is 28.1 Å². The standard InChI is InChI=1S/C19H14ClFN6S/c1-2-15-16(21)18(24-11-23-15)28-19-26-25-17(12-7-9-22-10-8-12)27(19)14-5-3-13(20)4-6-14/h3-11H,2H2,1H3. The summed E-state index contributed by atoms with van der Waals surface area (Å²) in [5, 5.41) is 9.90. The van der Waals surface area contributed by atoms with Crippen molar-refractivity contribution in [2.24, 2.45) is 0 Å². The van der Waals surface area contributed by atoms with Gasteiger partial charge in [0.25, 0.3) is 0 Å². The third kappa shape index (κ3) is 3.61. The summed E-state index contributed by atoms with van der Waals surface area (Å²) in [5.41, 5.74) is 2.00. The third-order valence-corrected chi connectivity index (χ3v) is 5.19. The summed E-state index contributed by atoms with van der Waals surface area (Å²) in [6.07, 6.45) is 5.20.